The van der Waals surface area contributed by atoms with Gasteiger partial charge in [-0.2, -0.15) is 0 Å². The molecule has 0 aliphatic carbocycles. The number of hydrogen-bond acceptors (Lipinski definition) is 4. The van der Waals surface area contributed by atoms with E-state index < -0.39 is 36.9 Å². The Balaban J connectivity index is 2.45. The van der Waals surface area contributed by atoms with E-state index in [1.807, 2.05) is 5.32 Å². The van der Waals surface area contributed by atoms with Gasteiger partial charge in [0.2, 0.25) is 0 Å². The standard InChI is InChI=1S/C11H10ClFN2O5/c12-7-2-1-6(13)3-8(7)14-11(19)15-9(16)4-20-5-10(17)18/h1-3H,4-5H2,(H,17,18)(H2,14,15,16,19). The van der Waals surface area contributed by atoms with Crippen LogP contribution in [0.25, 0.3) is 0 Å². The van der Waals surface area contributed by atoms with Gasteiger partial charge in [-0.15, -0.1) is 0 Å². The number of aliphatic carboxylic acids is 1. The first-order chi connectivity index (χ1) is 9.38. The second-order valence-electron chi connectivity index (χ2n) is 3.51. The van der Waals surface area contributed by atoms with Crippen molar-refractivity contribution >= 4 is 35.2 Å². The minimum absolute atomic E-state index is 0.0107. The number of carbonyl (C=O) groups is 3. The first-order valence-corrected chi connectivity index (χ1v) is 5.61. The normalized spacial score (nSPS) is 9.90. The fraction of sp³-hybridized carbons (Fsp3) is 0.182. The van der Waals surface area contributed by atoms with E-state index in [9.17, 15) is 18.8 Å². The summed E-state index contributed by atoms with van der Waals surface area (Å²) in [4.78, 5) is 32.7. The molecule has 0 unspecified atom stereocenters. The number of anilines is 1. The van der Waals surface area contributed by atoms with E-state index in [4.69, 9.17) is 16.7 Å². The third kappa shape index (κ3) is 5.63. The number of halogens is 2. The van der Waals surface area contributed by atoms with Crippen LogP contribution >= 0.6 is 11.6 Å². The van der Waals surface area contributed by atoms with Crippen molar-refractivity contribution in [3.8, 4) is 0 Å². The first kappa shape index (κ1) is 15.9. The molecule has 0 heterocycles. The number of carboxylic acids is 1. The number of carbonyl (C=O) groups excluding carboxylic acids is 2. The number of nitrogens with one attached hydrogen (secondary N) is 2. The number of urea groups is 1. The molecular formula is C11H10ClFN2O5. The molecule has 108 valence electrons. The highest BCUT2D eigenvalue weighted by Crippen LogP contribution is 2.22. The molecule has 0 aromatic heterocycles. The van der Waals surface area contributed by atoms with Crippen molar-refractivity contribution in [2.45, 2.75) is 0 Å². The number of imide groups is 1. The summed E-state index contributed by atoms with van der Waals surface area (Å²) < 4.78 is 17.4. The van der Waals surface area contributed by atoms with Crippen LogP contribution in [-0.4, -0.2) is 36.2 Å². The molecule has 9 heteroatoms. The molecule has 0 aliphatic rings. The molecule has 1 rings (SSSR count). The molecular weight excluding hydrogens is 295 g/mol. The van der Waals surface area contributed by atoms with Crippen LogP contribution in [0.3, 0.4) is 0 Å². The number of amides is 3. The predicted octanol–water partition coefficient (Wildman–Crippen LogP) is 1.23. The summed E-state index contributed by atoms with van der Waals surface area (Å²) >= 11 is 5.71. The van der Waals surface area contributed by atoms with Crippen molar-refractivity contribution in [2.24, 2.45) is 0 Å². The lowest BCUT2D eigenvalue weighted by Crippen LogP contribution is -2.37. The van der Waals surface area contributed by atoms with Gasteiger partial charge in [-0.1, -0.05) is 11.6 Å². The Morgan fingerprint density at radius 3 is 2.65 bits per heavy atom. The van der Waals surface area contributed by atoms with Crippen LogP contribution < -0.4 is 10.6 Å². The summed E-state index contributed by atoms with van der Waals surface area (Å²) in [6.45, 7) is -1.26. The molecule has 1 aromatic rings. The Bertz CT molecular complexity index is 538. The highest BCUT2D eigenvalue weighted by Gasteiger charge is 2.11. The largest absolute Gasteiger partial charge is 0.480 e. The van der Waals surface area contributed by atoms with Gasteiger partial charge in [-0.3, -0.25) is 10.1 Å². The maximum Gasteiger partial charge on any atom is 0.329 e. The Morgan fingerprint density at radius 1 is 1.30 bits per heavy atom. The third-order valence-corrected chi connectivity index (χ3v) is 2.22. The highest BCUT2D eigenvalue weighted by atomic mass is 35.5. The van der Waals surface area contributed by atoms with Crippen LogP contribution in [-0.2, 0) is 14.3 Å². The molecule has 7 nitrogen and oxygen atoms in total. The van der Waals surface area contributed by atoms with Gasteiger partial charge in [-0.05, 0) is 18.2 Å². The highest BCUT2D eigenvalue weighted by molar-refractivity contribution is 6.33. The molecule has 0 atom stereocenters. The molecule has 0 saturated heterocycles. The van der Waals surface area contributed by atoms with Gasteiger partial charge in [0.05, 0.1) is 10.7 Å². The van der Waals surface area contributed by atoms with Crippen molar-refractivity contribution in [2.75, 3.05) is 18.5 Å². The topological polar surface area (TPSA) is 105 Å². The van der Waals surface area contributed by atoms with Crippen molar-refractivity contribution in [1.29, 1.82) is 0 Å². The van der Waals surface area contributed by atoms with Crippen molar-refractivity contribution in [3.05, 3.63) is 29.0 Å². The van der Waals surface area contributed by atoms with Crippen molar-refractivity contribution in [3.63, 3.8) is 0 Å². The number of rotatable bonds is 5. The lowest BCUT2D eigenvalue weighted by atomic mass is 10.3. The maximum absolute atomic E-state index is 12.9. The molecule has 0 saturated carbocycles. The average Bonchev–Trinajstić information content (AvgIpc) is 2.33. The third-order valence-electron chi connectivity index (χ3n) is 1.89. The summed E-state index contributed by atoms with van der Waals surface area (Å²) in [5.74, 6) is -2.70. The van der Waals surface area contributed by atoms with Gasteiger partial charge >= 0.3 is 12.0 Å². The molecule has 0 fully saturated rings. The van der Waals surface area contributed by atoms with E-state index in [0.717, 1.165) is 12.1 Å². The monoisotopic (exact) mass is 304 g/mol. The van der Waals surface area contributed by atoms with Gasteiger partial charge in [-0.25, -0.2) is 14.0 Å². The lowest BCUT2D eigenvalue weighted by molar-refractivity contribution is -0.143. The smallest absolute Gasteiger partial charge is 0.329 e. The van der Waals surface area contributed by atoms with Gasteiger partial charge in [0, 0.05) is 0 Å². The summed E-state index contributed by atoms with van der Waals surface area (Å²) in [5, 5.41) is 12.4. The van der Waals surface area contributed by atoms with Crippen LogP contribution in [0.1, 0.15) is 0 Å². The zero-order chi connectivity index (χ0) is 15.1. The van der Waals surface area contributed by atoms with Crippen LogP contribution in [0.15, 0.2) is 18.2 Å². The van der Waals surface area contributed by atoms with E-state index in [2.05, 4.69) is 10.1 Å². The first-order valence-electron chi connectivity index (χ1n) is 5.24. The Labute approximate surface area is 117 Å². The zero-order valence-electron chi connectivity index (χ0n) is 9.98. The molecule has 1 aromatic carbocycles. The van der Waals surface area contributed by atoms with Crippen molar-refractivity contribution < 1.29 is 28.6 Å². The molecule has 3 N–H and O–H groups in total. The van der Waals surface area contributed by atoms with E-state index >= 15 is 0 Å². The molecule has 0 aliphatic heterocycles. The van der Waals surface area contributed by atoms with E-state index in [0.29, 0.717) is 0 Å². The fourth-order valence-corrected chi connectivity index (χ4v) is 1.31. The van der Waals surface area contributed by atoms with E-state index in [-0.39, 0.29) is 10.7 Å². The minimum atomic E-state index is -1.24. The molecule has 3 amide bonds. The van der Waals surface area contributed by atoms with E-state index in [1.54, 1.807) is 0 Å². The van der Waals surface area contributed by atoms with E-state index in [1.165, 1.54) is 6.07 Å². The second kappa shape index (κ2) is 7.41. The van der Waals surface area contributed by atoms with Crippen LogP contribution in [0.5, 0.6) is 0 Å². The Kier molecular flexibility index (Phi) is 5.88. The minimum Gasteiger partial charge on any atom is -0.480 e. The summed E-state index contributed by atoms with van der Waals surface area (Å²) in [6, 6.07) is 2.38. The number of carboxylic acid groups (broad SMARTS) is 1. The van der Waals surface area contributed by atoms with Crippen LogP contribution in [0.2, 0.25) is 5.02 Å². The average molecular weight is 305 g/mol. The Hall–Kier alpha value is -2.19. The second-order valence-corrected chi connectivity index (χ2v) is 3.92. The maximum atomic E-state index is 12.9. The summed E-state index contributed by atoms with van der Waals surface area (Å²) in [7, 11) is 0. The number of benzene rings is 1. The van der Waals surface area contributed by atoms with Gasteiger partial charge in [0.15, 0.2) is 0 Å². The van der Waals surface area contributed by atoms with Crippen LogP contribution in [0.4, 0.5) is 14.9 Å². The lowest BCUT2D eigenvalue weighted by Gasteiger charge is -2.08. The predicted molar refractivity (Wildman–Crippen MR) is 67.0 cm³/mol. The van der Waals surface area contributed by atoms with Gasteiger partial charge in [0.25, 0.3) is 5.91 Å². The van der Waals surface area contributed by atoms with Crippen molar-refractivity contribution in [1.82, 2.24) is 5.32 Å². The molecule has 20 heavy (non-hydrogen) atoms. The number of ether oxygens (including phenoxy) is 1. The fourth-order valence-electron chi connectivity index (χ4n) is 1.14. The number of hydrogen-bond donors (Lipinski definition) is 3. The van der Waals surface area contributed by atoms with Crippen LogP contribution in [0, 0.1) is 5.82 Å². The van der Waals surface area contributed by atoms with Gasteiger partial charge < -0.3 is 15.2 Å². The quantitative estimate of drug-likeness (QED) is 0.759. The van der Waals surface area contributed by atoms with Gasteiger partial charge in [0.1, 0.15) is 19.0 Å². The SMILES string of the molecule is O=C(O)COCC(=O)NC(=O)Nc1cc(F)ccc1Cl. The molecule has 0 spiro atoms. The Morgan fingerprint density at radius 2 is 2.00 bits per heavy atom. The molecule has 0 radical (unpaired) electrons. The summed E-state index contributed by atoms with van der Waals surface area (Å²) in [5.41, 5.74) is -0.0107. The molecule has 0 bridgehead atoms. The zero-order valence-corrected chi connectivity index (χ0v) is 10.7. The summed E-state index contributed by atoms with van der Waals surface area (Å²) in [6.07, 6.45) is 0.